The van der Waals surface area contributed by atoms with E-state index >= 15 is 0 Å². The number of primary amides is 1. The number of nitrogens with zero attached hydrogens (tertiary/aromatic N) is 1. The molecule has 0 bridgehead atoms. The summed E-state index contributed by atoms with van der Waals surface area (Å²) >= 11 is 0. The predicted molar refractivity (Wildman–Crippen MR) is 142 cm³/mol. The highest BCUT2D eigenvalue weighted by molar-refractivity contribution is 6.24. The average molecular weight is 559 g/mol. The van der Waals surface area contributed by atoms with Crippen molar-refractivity contribution in [3.05, 3.63) is 40.2 Å². The van der Waals surface area contributed by atoms with E-state index in [-0.39, 0.29) is 11.3 Å². The van der Waals surface area contributed by atoms with Gasteiger partial charge in [-0.05, 0) is 52.4 Å². The molecule has 9 N–H and O–H groups in total. The second-order valence-electron chi connectivity index (χ2n) is 11.8. The monoisotopic (exact) mass is 558 g/mol. The molecule has 0 spiro atoms. The number of aromatic hydroxyl groups is 1. The van der Waals surface area contributed by atoms with E-state index in [0.29, 0.717) is 5.56 Å². The molecule has 3 amide bonds. The molecule has 3 aliphatic rings. The number of aliphatic hydroxyl groups is 4. The molecule has 40 heavy (non-hydrogen) atoms. The van der Waals surface area contributed by atoms with Gasteiger partial charge in [0.2, 0.25) is 5.78 Å². The number of urea groups is 1. The number of fused-ring (bicyclic) bond motifs is 3. The van der Waals surface area contributed by atoms with E-state index in [2.05, 4.69) is 10.6 Å². The van der Waals surface area contributed by atoms with Crippen LogP contribution in [0.25, 0.3) is 5.76 Å². The van der Waals surface area contributed by atoms with Crippen molar-refractivity contribution in [1.82, 2.24) is 10.2 Å². The van der Waals surface area contributed by atoms with Gasteiger partial charge in [-0.15, -0.1) is 0 Å². The molecule has 0 radical (unpaired) electrons. The van der Waals surface area contributed by atoms with Gasteiger partial charge < -0.3 is 41.9 Å². The number of carbonyl (C=O) groups is 4. The second-order valence-corrected chi connectivity index (χ2v) is 11.8. The number of anilines is 1. The number of phenolic OH excluding ortho intramolecular Hbond substituents is 1. The molecule has 6 atom stereocenters. The van der Waals surface area contributed by atoms with Crippen LogP contribution in [0.4, 0.5) is 10.5 Å². The largest absolute Gasteiger partial charge is 0.508 e. The first-order valence-corrected chi connectivity index (χ1v) is 12.6. The van der Waals surface area contributed by atoms with Crippen LogP contribution in [0.1, 0.15) is 44.7 Å². The Labute approximate surface area is 230 Å². The third-order valence-corrected chi connectivity index (χ3v) is 7.87. The first kappa shape index (κ1) is 29.1. The fraction of sp³-hybridized carbons (Fsp3) is 0.481. The number of amides is 3. The summed E-state index contributed by atoms with van der Waals surface area (Å²) in [5, 5.41) is 61.9. The maximum Gasteiger partial charge on any atom is 0.319 e. The Hall–Kier alpha value is -3.94. The van der Waals surface area contributed by atoms with Crippen molar-refractivity contribution in [3.63, 3.8) is 0 Å². The molecule has 216 valence electrons. The summed E-state index contributed by atoms with van der Waals surface area (Å²) in [6, 6.07) is 0.837. The Morgan fingerprint density at radius 2 is 1.70 bits per heavy atom. The number of nitrogens with two attached hydrogens (primary N) is 1. The first-order chi connectivity index (χ1) is 18.4. The molecule has 1 aromatic carbocycles. The Kier molecular flexibility index (Phi) is 6.77. The maximum atomic E-state index is 14.0. The van der Waals surface area contributed by atoms with Gasteiger partial charge in [-0.1, -0.05) is 13.0 Å². The van der Waals surface area contributed by atoms with Crippen LogP contribution in [0, 0.1) is 11.8 Å². The standard InChI is InChI=1S/C27H34N4O9/c1-9-10-7-8-11(29-25(39)30-26(2,3)4)18(32)13(10)19(33)14-12(9)20(34)16-17(31(5)6)21(35)15(24(28)38)23(37)27(16,40)22(14)36/h7-9,12,16-17,20,32-34,37,40H,1-6H3,(H2,28,38)(H2,29,30,39). The molecule has 3 aliphatic carbocycles. The first-order valence-electron chi connectivity index (χ1n) is 12.6. The van der Waals surface area contributed by atoms with Crippen LogP contribution in [0.5, 0.6) is 5.75 Å². The molecule has 1 aromatic rings. The number of benzene rings is 1. The highest BCUT2D eigenvalue weighted by Gasteiger charge is 2.68. The summed E-state index contributed by atoms with van der Waals surface area (Å²) in [7, 11) is 2.87. The Morgan fingerprint density at radius 3 is 2.23 bits per heavy atom. The fourth-order valence-electron chi connectivity index (χ4n) is 6.21. The van der Waals surface area contributed by atoms with Crippen LogP contribution in [0.2, 0.25) is 0 Å². The zero-order valence-corrected chi connectivity index (χ0v) is 22.9. The molecule has 13 heteroatoms. The summed E-state index contributed by atoms with van der Waals surface area (Å²) in [5.74, 6) is -9.86. The number of hydrogen-bond acceptors (Lipinski definition) is 10. The minimum atomic E-state index is -3.00. The topological polar surface area (TPSA) is 223 Å². The number of Topliss-reactive ketones (excluding diaryl/α,β-unsaturated/α-hetero) is 2. The smallest absolute Gasteiger partial charge is 0.319 e. The highest BCUT2D eigenvalue weighted by Crippen LogP contribution is 2.56. The fourth-order valence-corrected chi connectivity index (χ4v) is 6.21. The lowest BCUT2D eigenvalue weighted by Gasteiger charge is -2.53. The summed E-state index contributed by atoms with van der Waals surface area (Å²) < 4.78 is 0. The Morgan fingerprint density at radius 1 is 1.10 bits per heavy atom. The molecule has 13 nitrogen and oxygen atoms in total. The van der Waals surface area contributed by atoms with Crippen molar-refractivity contribution in [3.8, 4) is 5.75 Å². The van der Waals surface area contributed by atoms with Gasteiger partial charge in [-0.25, -0.2) is 4.79 Å². The van der Waals surface area contributed by atoms with Crippen LogP contribution >= 0.6 is 0 Å². The van der Waals surface area contributed by atoms with Gasteiger partial charge in [-0.3, -0.25) is 19.3 Å². The van der Waals surface area contributed by atoms with Crippen LogP contribution < -0.4 is 16.4 Å². The van der Waals surface area contributed by atoms with Gasteiger partial charge in [0, 0.05) is 17.0 Å². The third-order valence-electron chi connectivity index (χ3n) is 7.87. The minimum Gasteiger partial charge on any atom is -0.508 e. The van der Waals surface area contributed by atoms with Gasteiger partial charge >= 0.3 is 6.03 Å². The SMILES string of the molecule is CC1c2ccc(NC(=O)NC(C)(C)C)c(O)c2C(O)=C2C(=O)C3(O)C(O)=C(C(N)=O)C(=O)C(N(C)C)C3C(O)C21. The zero-order chi connectivity index (χ0) is 30.2. The zero-order valence-electron chi connectivity index (χ0n) is 22.9. The van der Waals surface area contributed by atoms with Gasteiger partial charge in [-0.2, -0.15) is 0 Å². The minimum absolute atomic E-state index is 0.0895. The van der Waals surface area contributed by atoms with E-state index in [1.807, 2.05) is 0 Å². The van der Waals surface area contributed by atoms with Crippen molar-refractivity contribution in [2.24, 2.45) is 17.6 Å². The maximum absolute atomic E-state index is 14.0. The summed E-state index contributed by atoms with van der Waals surface area (Å²) in [6.07, 6.45) is -1.69. The number of phenols is 1. The molecule has 6 unspecified atom stereocenters. The van der Waals surface area contributed by atoms with E-state index < -0.39 is 93.0 Å². The Bertz CT molecular complexity index is 1410. The lowest BCUT2D eigenvalue weighted by molar-refractivity contribution is -0.169. The number of ketones is 2. The number of rotatable bonds is 3. The second kappa shape index (κ2) is 9.32. The van der Waals surface area contributed by atoms with Gasteiger partial charge in [0.1, 0.15) is 22.8 Å². The Balaban J connectivity index is 1.93. The van der Waals surface area contributed by atoms with Crippen LogP contribution in [-0.2, 0) is 14.4 Å². The number of hydrogen-bond donors (Lipinski definition) is 8. The van der Waals surface area contributed by atoms with E-state index in [4.69, 9.17) is 5.73 Å². The molecule has 4 rings (SSSR count). The van der Waals surface area contributed by atoms with Gasteiger partial charge in [0.05, 0.1) is 29.3 Å². The molecule has 0 aliphatic heterocycles. The summed E-state index contributed by atoms with van der Waals surface area (Å²) in [4.78, 5) is 53.0. The van der Waals surface area contributed by atoms with Gasteiger partial charge in [0.25, 0.3) is 5.91 Å². The third kappa shape index (κ3) is 4.03. The molecule has 1 saturated carbocycles. The quantitative estimate of drug-likeness (QED) is 0.188. The van der Waals surface area contributed by atoms with Crippen LogP contribution in [0.3, 0.4) is 0 Å². The average Bonchev–Trinajstić information content (AvgIpc) is 2.81. The van der Waals surface area contributed by atoms with Crippen molar-refractivity contribution in [2.45, 2.75) is 56.9 Å². The highest BCUT2D eigenvalue weighted by atomic mass is 16.4. The van der Waals surface area contributed by atoms with Gasteiger partial charge in [0.15, 0.2) is 11.4 Å². The van der Waals surface area contributed by atoms with Crippen molar-refractivity contribution in [1.29, 1.82) is 0 Å². The van der Waals surface area contributed by atoms with Crippen LogP contribution in [-0.4, -0.2) is 91.3 Å². The summed E-state index contributed by atoms with van der Waals surface area (Å²) in [5.41, 5.74) is 0.237. The summed E-state index contributed by atoms with van der Waals surface area (Å²) in [6.45, 7) is 6.88. The number of aliphatic hydroxyl groups excluding tert-OH is 3. The lowest BCUT2D eigenvalue weighted by atomic mass is 9.54. The molecular formula is C27H34N4O9. The molecule has 0 heterocycles. The van der Waals surface area contributed by atoms with Crippen molar-refractivity contribution < 1.29 is 44.7 Å². The normalized spacial score (nSPS) is 30.1. The van der Waals surface area contributed by atoms with Crippen molar-refractivity contribution >= 4 is 35.0 Å². The van der Waals surface area contributed by atoms with Crippen molar-refractivity contribution in [2.75, 3.05) is 19.4 Å². The number of nitrogens with one attached hydrogen (secondary N) is 2. The van der Waals surface area contributed by atoms with E-state index in [1.165, 1.54) is 31.1 Å². The molecule has 1 fully saturated rings. The lowest BCUT2D eigenvalue weighted by Crippen LogP contribution is -2.70. The van der Waals surface area contributed by atoms with E-state index in [0.717, 1.165) is 0 Å². The molecule has 0 saturated heterocycles. The molecular weight excluding hydrogens is 524 g/mol. The number of carbonyl (C=O) groups excluding carboxylic acids is 4. The van der Waals surface area contributed by atoms with E-state index in [1.54, 1.807) is 27.7 Å². The van der Waals surface area contributed by atoms with Crippen LogP contribution in [0.15, 0.2) is 29.0 Å². The van der Waals surface area contributed by atoms with E-state index in [9.17, 15) is 44.7 Å². The number of likely N-dealkylation sites (N-methyl/N-ethyl adjacent to an activating group) is 1. The predicted octanol–water partition coefficient (Wildman–Crippen LogP) is 0.416. The molecule has 0 aromatic heterocycles.